The maximum atomic E-state index is 11.5. The SMILES string of the molecule is CC(NC(=O)C(=O)NCCCl)c1ccccc1. The molecule has 0 bridgehead atoms. The van der Waals surface area contributed by atoms with E-state index in [-0.39, 0.29) is 18.5 Å². The predicted octanol–water partition coefficient (Wildman–Crippen LogP) is 1.22. The van der Waals surface area contributed by atoms with E-state index >= 15 is 0 Å². The molecular weight excluding hydrogens is 240 g/mol. The Labute approximate surface area is 105 Å². The Balaban J connectivity index is 2.49. The number of hydrogen-bond donors (Lipinski definition) is 2. The van der Waals surface area contributed by atoms with E-state index in [4.69, 9.17) is 11.6 Å². The molecule has 0 radical (unpaired) electrons. The molecule has 1 atom stereocenters. The smallest absolute Gasteiger partial charge is 0.309 e. The molecule has 2 N–H and O–H groups in total. The number of carbonyl (C=O) groups excluding carboxylic acids is 2. The third-order valence-electron chi connectivity index (χ3n) is 2.23. The third-order valence-corrected chi connectivity index (χ3v) is 2.42. The lowest BCUT2D eigenvalue weighted by molar-refractivity contribution is -0.139. The first-order valence-electron chi connectivity index (χ1n) is 5.34. The van der Waals surface area contributed by atoms with Gasteiger partial charge in [-0.05, 0) is 12.5 Å². The summed E-state index contributed by atoms with van der Waals surface area (Å²) in [5.74, 6) is -1.02. The maximum absolute atomic E-state index is 11.5. The molecule has 0 saturated carbocycles. The number of benzene rings is 1. The van der Waals surface area contributed by atoms with Crippen molar-refractivity contribution in [3.8, 4) is 0 Å². The molecule has 0 saturated heterocycles. The second kappa shape index (κ2) is 6.91. The molecule has 1 aromatic carbocycles. The van der Waals surface area contributed by atoms with Gasteiger partial charge >= 0.3 is 11.8 Å². The predicted molar refractivity (Wildman–Crippen MR) is 66.7 cm³/mol. The lowest BCUT2D eigenvalue weighted by atomic mass is 10.1. The third kappa shape index (κ3) is 4.44. The van der Waals surface area contributed by atoms with Crippen molar-refractivity contribution in [1.82, 2.24) is 10.6 Å². The molecule has 0 aromatic heterocycles. The summed E-state index contributed by atoms with van der Waals surface area (Å²) in [7, 11) is 0. The summed E-state index contributed by atoms with van der Waals surface area (Å²) >= 11 is 5.41. The van der Waals surface area contributed by atoms with Crippen LogP contribution in [0.2, 0.25) is 0 Å². The number of hydrogen-bond acceptors (Lipinski definition) is 2. The second-order valence-corrected chi connectivity index (χ2v) is 3.93. The van der Waals surface area contributed by atoms with Gasteiger partial charge in [-0.15, -0.1) is 11.6 Å². The van der Waals surface area contributed by atoms with Gasteiger partial charge in [0, 0.05) is 12.4 Å². The van der Waals surface area contributed by atoms with Crippen LogP contribution in [0.1, 0.15) is 18.5 Å². The van der Waals surface area contributed by atoms with Crippen LogP contribution in [0, 0.1) is 0 Å². The molecule has 0 aliphatic carbocycles. The van der Waals surface area contributed by atoms with Crippen molar-refractivity contribution in [3.63, 3.8) is 0 Å². The Hall–Kier alpha value is -1.55. The summed E-state index contributed by atoms with van der Waals surface area (Å²) in [5.41, 5.74) is 0.950. The van der Waals surface area contributed by atoms with Crippen molar-refractivity contribution < 1.29 is 9.59 Å². The fraction of sp³-hybridized carbons (Fsp3) is 0.333. The summed E-state index contributed by atoms with van der Waals surface area (Å²) in [6.07, 6.45) is 0. The Morgan fingerprint density at radius 3 is 2.47 bits per heavy atom. The van der Waals surface area contributed by atoms with Crippen LogP contribution in [0.5, 0.6) is 0 Å². The average Bonchev–Trinajstić information content (AvgIpc) is 2.36. The topological polar surface area (TPSA) is 58.2 Å². The highest BCUT2D eigenvalue weighted by molar-refractivity contribution is 6.35. The van der Waals surface area contributed by atoms with Crippen LogP contribution in [0.4, 0.5) is 0 Å². The average molecular weight is 255 g/mol. The summed E-state index contributed by atoms with van der Waals surface area (Å²) in [4.78, 5) is 22.8. The molecule has 0 heterocycles. The van der Waals surface area contributed by atoms with Gasteiger partial charge in [-0.25, -0.2) is 0 Å². The van der Waals surface area contributed by atoms with E-state index < -0.39 is 11.8 Å². The van der Waals surface area contributed by atoms with Gasteiger partial charge in [0.05, 0.1) is 6.04 Å². The van der Waals surface area contributed by atoms with Gasteiger partial charge in [0.15, 0.2) is 0 Å². The zero-order valence-electron chi connectivity index (χ0n) is 9.57. The summed E-state index contributed by atoms with van der Waals surface area (Å²) in [5, 5.41) is 5.02. The normalized spacial score (nSPS) is 11.6. The van der Waals surface area contributed by atoms with Gasteiger partial charge in [-0.1, -0.05) is 30.3 Å². The number of carbonyl (C=O) groups is 2. The van der Waals surface area contributed by atoms with Gasteiger partial charge < -0.3 is 10.6 Å². The van der Waals surface area contributed by atoms with Crippen molar-refractivity contribution in [2.24, 2.45) is 0 Å². The van der Waals surface area contributed by atoms with E-state index in [1.165, 1.54) is 0 Å². The van der Waals surface area contributed by atoms with Crippen LogP contribution < -0.4 is 10.6 Å². The lowest BCUT2D eigenvalue weighted by Crippen LogP contribution is -2.41. The van der Waals surface area contributed by atoms with E-state index in [1.54, 1.807) is 0 Å². The van der Waals surface area contributed by atoms with E-state index in [2.05, 4.69) is 10.6 Å². The molecule has 5 heteroatoms. The van der Waals surface area contributed by atoms with Crippen molar-refractivity contribution in [3.05, 3.63) is 35.9 Å². The minimum atomic E-state index is -0.659. The minimum absolute atomic E-state index is 0.203. The summed E-state index contributed by atoms with van der Waals surface area (Å²) in [6, 6.07) is 9.23. The molecule has 1 aromatic rings. The fourth-order valence-electron chi connectivity index (χ4n) is 1.33. The molecule has 0 spiro atoms. The van der Waals surface area contributed by atoms with Gasteiger partial charge in [-0.2, -0.15) is 0 Å². The summed E-state index contributed by atoms with van der Waals surface area (Å²) < 4.78 is 0. The van der Waals surface area contributed by atoms with Crippen LogP contribution in [-0.4, -0.2) is 24.2 Å². The van der Waals surface area contributed by atoms with Crippen LogP contribution in [0.15, 0.2) is 30.3 Å². The molecule has 0 aliphatic heterocycles. The van der Waals surface area contributed by atoms with Crippen LogP contribution in [0.25, 0.3) is 0 Å². The first-order valence-corrected chi connectivity index (χ1v) is 5.88. The number of rotatable bonds is 4. The van der Waals surface area contributed by atoms with E-state index in [0.717, 1.165) is 5.56 Å². The molecule has 1 rings (SSSR count). The Kier molecular flexibility index (Phi) is 5.49. The van der Waals surface area contributed by atoms with Crippen molar-refractivity contribution in [2.75, 3.05) is 12.4 Å². The fourth-order valence-corrected chi connectivity index (χ4v) is 1.42. The Morgan fingerprint density at radius 2 is 1.88 bits per heavy atom. The van der Waals surface area contributed by atoms with Crippen LogP contribution in [-0.2, 0) is 9.59 Å². The zero-order chi connectivity index (χ0) is 12.7. The summed E-state index contributed by atoms with van der Waals surface area (Å²) in [6.45, 7) is 2.11. The second-order valence-electron chi connectivity index (χ2n) is 3.55. The zero-order valence-corrected chi connectivity index (χ0v) is 10.3. The van der Waals surface area contributed by atoms with Crippen molar-refractivity contribution in [1.29, 1.82) is 0 Å². The van der Waals surface area contributed by atoms with Gasteiger partial charge in [0.2, 0.25) is 0 Å². The molecule has 2 amide bonds. The van der Waals surface area contributed by atoms with E-state index in [0.29, 0.717) is 0 Å². The molecule has 1 unspecified atom stereocenters. The molecule has 92 valence electrons. The number of alkyl halides is 1. The van der Waals surface area contributed by atoms with Crippen LogP contribution in [0.3, 0.4) is 0 Å². The van der Waals surface area contributed by atoms with Crippen molar-refractivity contribution >= 4 is 23.4 Å². The lowest BCUT2D eigenvalue weighted by Gasteiger charge is -2.13. The maximum Gasteiger partial charge on any atom is 0.309 e. The van der Waals surface area contributed by atoms with E-state index in [9.17, 15) is 9.59 Å². The largest absolute Gasteiger partial charge is 0.347 e. The molecule has 0 aliphatic rings. The number of halogens is 1. The standard InChI is InChI=1S/C12H15ClN2O2/c1-9(10-5-3-2-4-6-10)15-12(17)11(16)14-8-7-13/h2-6,9H,7-8H2,1H3,(H,14,16)(H,15,17). The Morgan fingerprint density at radius 1 is 1.24 bits per heavy atom. The quantitative estimate of drug-likeness (QED) is 0.627. The first-order chi connectivity index (χ1) is 8.15. The highest BCUT2D eigenvalue weighted by atomic mass is 35.5. The molecule has 4 nitrogen and oxygen atoms in total. The number of nitrogens with one attached hydrogen (secondary N) is 2. The van der Waals surface area contributed by atoms with Gasteiger partial charge in [0.1, 0.15) is 0 Å². The van der Waals surface area contributed by atoms with Gasteiger partial charge in [-0.3, -0.25) is 9.59 Å². The first kappa shape index (κ1) is 13.5. The highest BCUT2D eigenvalue weighted by Crippen LogP contribution is 2.10. The molecule has 17 heavy (non-hydrogen) atoms. The van der Waals surface area contributed by atoms with Gasteiger partial charge in [0.25, 0.3) is 0 Å². The Bertz CT molecular complexity index is 381. The van der Waals surface area contributed by atoms with E-state index in [1.807, 2.05) is 37.3 Å². The number of amides is 2. The minimum Gasteiger partial charge on any atom is -0.347 e. The highest BCUT2D eigenvalue weighted by Gasteiger charge is 2.15. The molecular formula is C12H15ClN2O2. The molecule has 0 fully saturated rings. The monoisotopic (exact) mass is 254 g/mol. The van der Waals surface area contributed by atoms with Crippen molar-refractivity contribution in [2.45, 2.75) is 13.0 Å². The van der Waals surface area contributed by atoms with Crippen LogP contribution >= 0.6 is 11.6 Å².